The van der Waals surface area contributed by atoms with E-state index in [1.807, 2.05) is 6.92 Å². The average Bonchev–Trinajstić information content (AvgIpc) is 2.37. The van der Waals surface area contributed by atoms with Crippen molar-refractivity contribution < 1.29 is 22.7 Å². The molecule has 0 saturated carbocycles. The van der Waals surface area contributed by atoms with Crippen LogP contribution in [0.1, 0.15) is 24.5 Å². The number of ether oxygens (including phenoxy) is 1. The van der Waals surface area contributed by atoms with Crippen molar-refractivity contribution in [3.05, 3.63) is 29.3 Å². The monoisotopic (exact) mass is 328 g/mol. The zero-order valence-electron chi connectivity index (χ0n) is 12.8. The van der Waals surface area contributed by atoms with Gasteiger partial charge >= 0.3 is 5.97 Å². The Labute approximate surface area is 129 Å². The number of hydrogen-bond acceptors (Lipinski definition) is 5. The molecule has 1 amide bonds. The van der Waals surface area contributed by atoms with Crippen LogP contribution in [0.25, 0.3) is 0 Å². The van der Waals surface area contributed by atoms with Crippen molar-refractivity contribution >= 4 is 21.9 Å². The van der Waals surface area contributed by atoms with E-state index >= 15 is 0 Å². The number of esters is 1. The van der Waals surface area contributed by atoms with Crippen LogP contribution >= 0.6 is 0 Å². The van der Waals surface area contributed by atoms with E-state index < -0.39 is 28.0 Å². The molecule has 1 rings (SSSR count). The maximum Gasteiger partial charge on any atom is 0.307 e. The number of benzene rings is 1. The van der Waals surface area contributed by atoms with E-state index in [0.29, 0.717) is 5.56 Å². The molecule has 3 N–H and O–H groups in total. The van der Waals surface area contributed by atoms with Crippen LogP contribution in [0, 0.1) is 13.8 Å². The summed E-state index contributed by atoms with van der Waals surface area (Å²) in [6.45, 7) is 4.79. The van der Waals surface area contributed by atoms with E-state index in [9.17, 15) is 18.0 Å². The highest BCUT2D eigenvalue weighted by molar-refractivity contribution is 7.89. The highest BCUT2D eigenvalue weighted by Gasteiger charge is 2.18. The molecule has 8 heteroatoms. The maximum atomic E-state index is 12.1. The molecule has 1 aromatic rings. The lowest BCUT2D eigenvalue weighted by Crippen LogP contribution is -2.32. The SMILES string of the molecule is Cc1ccc(S(=O)(=O)NCCC(=O)O[C@H](C)C(N)=O)c(C)c1. The highest BCUT2D eigenvalue weighted by Crippen LogP contribution is 2.16. The second-order valence-electron chi connectivity index (χ2n) is 4.95. The third kappa shape index (κ3) is 5.12. The number of rotatable bonds is 7. The Morgan fingerprint density at radius 2 is 1.95 bits per heavy atom. The summed E-state index contributed by atoms with van der Waals surface area (Å²) >= 11 is 0. The minimum Gasteiger partial charge on any atom is -0.453 e. The van der Waals surface area contributed by atoms with E-state index in [1.54, 1.807) is 19.1 Å². The Kier molecular flexibility index (Phi) is 6.07. The Hall–Kier alpha value is -1.93. The molecule has 0 unspecified atom stereocenters. The van der Waals surface area contributed by atoms with Crippen LogP contribution in [0.15, 0.2) is 23.1 Å². The van der Waals surface area contributed by atoms with E-state index in [2.05, 4.69) is 4.72 Å². The lowest BCUT2D eigenvalue weighted by Gasteiger charge is -2.11. The van der Waals surface area contributed by atoms with Crippen LogP contribution in [0.4, 0.5) is 0 Å². The number of nitrogens with one attached hydrogen (secondary N) is 1. The topological polar surface area (TPSA) is 116 Å². The summed E-state index contributed by atoms with van der Waals surface area (Å²) < 4.78 is 31.3. The zero-order chi connectivity index (χ0) is 16.9. The second-order valence-corrected chi connectivity index (χ2v) is 6.69. The van der Waals surface area contributed by atoms with Gasteiger partial charge in [0.05, 0.1) is 11.3 Å². The summed E-state index contributed by atoms with van der Waals surface area (Å²) in [5, 5.41) is 0. The fraction of sp³-hybridized carbons (Fsp3) is 0.429. The first-order valence-corrected chi connectivity index (χ1v) is 8.17. The molecule has 0 fully saturated rings. The summed E-state index contributed by atoms with van der Waals surface area (Å²) in [4.78, 5) is 22.3. The Morgan fingerprint density at radius 1 is 1.32 bits per heavy atom. The molecule has 0 aliphatic carbocycles. The molecule has 0 bridgehead atoms. The summed E-state index contributed by atoms with van der Waals surface area (Å²) in [6, 6.07) is 4.97. The van der Waals surface area contributed by atoms with Gasteiger partial charge in [-0.25, -0.2) is 13.1 Å². The van der Waals surface area contributed by atoms with Gasteiger partial charge in [-0.1, -0.05) is 17.7 Å². The van der Waals surface area contributed by atoms with Gasteiger partial charge in [-0.05, 0) is 32.4 Å². The Bertz CT molecular complexity index is 670. The predicted octanol–water partition coefficient (Wildman–Crippen LogP) is 0.389. The second kappa shape index (κ2) is 7.37. The highest BCUT2D eigenvalue weighted by atomic mass is 32.2. The van der Waals surface area contributed by atoms with Gasteiger partial charge in [0, 0.05) is 6.54 Å². The molecular weight excluding hydrogens is 308 g/mol. The van der Waals surface area contributed by atoms with Gasteiger partial charge in [0.15, 0.2) is 6.10 Å². The normalized spacial score (nSPS) is 12.7. The lowest BCUT2D eigenvalue weighted by molar-refractivity contribution is -0.153. The summed E-state index contributed by atoms with van der Waals surface area (Å²) in [7, 11) is -3.70. The van der Waals surface area contributed by atoms with Crippen LogP contribution in [0.5, 0.6) is 0 Å². The largest absolute Gasteiger partial charge is 0.453 e. The smallest absolute Gasteiger partial charge is 0.307 e. The van der Waals surface area contributed by atoms with Crippen LogP contribution in [-0.2, 0) is 24.3 Å². The molecule has 0 aromatic heterocycles. The standard InChI is InChI=1S/C14H20N2O5S/c1-9-4-5-12(10(2)8-9)22(19,20)16-7-6-13(17)21-11(3)14(15)18/h4-5,8,11,16H,6-7H2,1-3H3,(H2,15,18)/t11-/m1/s1. The minimum absolute atomic E-state index is 0.125. The van der Waals surface area contributed by atoms with Gasteiger partial charge in [0.25, 0.3) is 5.91 Å². The molecule has 1 atom stereocenters. The first-order valence-electron chi connectivity index (χ1n) is 6.69. The number of aryl methyl sites for hydroxylation is 2. The molecule has 0 aliphatic rings. The van der Waals surface area contributed by atoms with Crippen LogP contribution in [0.2, 0.25) is 0 Å². The average molecular weight is 328 g/mol. The third-order valence-electron chi connectivity index (χ3n) is 2.95. The van der Waals surface area contributed by atoms with Crippen molar-refractivity contribution in [3.8, 4) is 0 Å². The summed E-state index contributed by atoms with van der Waals surface area (Å²) in [5.74, 6) is -1.46. The Morgan fingerprint density at radius 3 is 2.50 bits per heavy atom. The molecule has 1 aromatic carbocycles. The molecule has 22 heavy (non-hydrogen) atoms. The number of hydrogen-bond donors (Lipinski definition) is 2. The van der Waals surface area contributed by atoms with Crippen molar-refractivity contribution in [2.45, 2.75) is 38.2 Å². The van der Waals surface area contributed by atoms with Crippen LogP contribution in [-0.4, -0.2) is 32.9 Å². The third-order valence-corrected chi connectivity index (χ3v) is 4.57. The van der Waals surface area contributed by atoms with Crippen molar-refractivity contribution in [2.24, 2.45) is 5.73 Å². The maximum absolute atomic E-state index is 12.1. The lowest BCUT2D eigenvalue weighted by atomic mass is 10.2. The number of amides is 1. The van der Waals surface area contributed by atoms with Crippen molar-refractivity contribution in [2.75, 3.05) is 6.54 Å². The van der Waals surface area contributed by atoms with Gasteiger partial charge in [-0.2, -0.15) is 0 Å². The molecule has 0 spiro atoms. The Balaban J connectivity index is 2.60. The van der Waals surface area contributed by atoms with Gasteiger partial charge < -0.3 is 10.5 Å². The zero-order valence-corrected chi connectivity index (χ0v) is 13.6. The van der Waals surface area contributed by atoms with E-state index in [1.165, 1.54) is 13.0 Å². The van der Waals surface area contributed by atoms with E-state index in [0.717, 1.165) is 5.56 Å². The number of carbonyl (C=O) groups is 2. The first-order chi connectivity index (χ1) is 10.1. The number of carbonyl (C=O) groups excluding carboxylic acids is 2. The number of primary amides is 1. The van der Waals surface area contributed by atoms with Crippen LogP contribution in [0.3, 0.4) is 0 Å². The molecule has 0 heterocycles. The minimum atomic E-state index is -3.70. The molecule has 0 aliphatic heterocycles. The van der Waals surface area contributed by atoms with E-state index in [4.69, 9.17) is 10.5 Å². The quantitative estimate of drug-likeness (QED) is 0.702. The molecular formula is C14H20N2O5S. The van der Waals surface area contributed by atoms with Gasteiger partial charge in [-0.3, -0.25) is 9.59 Å². The molecule has 7 nitrogen and oxygen atoms in total. The number of sulfonamides is 1. The first kappa shape index (κ1) is 18.1. The fourth-order valence-electron chi connectivity index (χ4n) is 1.78. The molecule has 122 valence electrons. The summed E-state index contributed by atoms with van der Waals surface area (Å²) in [5.41, 5.74) is 6.54. The molecule has 0 saturated heterocycles. The van der Waals surface area contributed by atoms with Crippen molar-refractivity contribution in [1.82, 2.24) is 4.72 Å². The van der Waals surface area contributed by atoms with Gasteiger partial charge in [-0.15, -0.1) is 0 Å². The van der Waals surface area contributed by atoms with Crippen molar-refractivity contribution in [3.63, 3.8) is 0 Å². The van der Waals surface area contributed by atoms with Crippen molar-refractivity contribution in [1.29, 1.82) is 0 Å². The van der Waals surface area contributed by atoms with Crippen LogP contribution < -0.4 is 10.5 Å². The molecule has 0 radical (unpaired) electrons. The summed E-state index contributed by atoms with van der Waals surface area (Å²) in [6.07, 6.45) is -1.23. The van der Waals surface area contributed by atoms with Gasteiger partial charge in [0.2, 0.25) is 10.0 Å². The van der Waals surface area contributed by atoms with Gasteiger partial charge in [0.1, 0.15) is 0 Å². The number of nitrogens with two attached hydrogens (primary N) is 1. The van der Waals surface area contributed by atoms with E-state index in [-0.39, 0.29) is 17.9 Å². The fourth-order valence-corrected chi connectivity index (χ4v) is 3.04. The predicted molar refractivity (Wildman–Crippen MR) is 80.5 cm³/mol.